The number of aromatic hydroxyl groups is 1. The highest BCUT2D eigenvalue weighted by Gasteiger charge is 2.17. The number of benzene rings is 1. The molecule has 0 spiro atoms. The zero-order valence-corrected chi connectivity index (χ0v) is 10.8. The Morgan fingerprint density at radius 3 is 2.42 bits per heavy atom. The van der Waals surface area contributed by atoms with Gasteiger partial charge in [-0.2, -0.15) is 0 Å². The van der Waals surface area contributed by atoms with Crippen molar-refractivity contribution in [1.29, 1.82) is 0 Å². The van der Waals surface area contributed by atoms with Crippen LogP contribution >= 0.6 is 0 Å². The zero-order valence-electron chi connectivity index (χ0n) is 10.8. The van der Waals surface area contributed by atoms with E-state index in [9.17, 15) is 4.79 Å². The van der Waals surface area contributed by atoms with Crippen LogP contribution in [0.2, 0.25) is 0 Å². The second-order valence-electron chi connectivity index (χ2n) is 4.50. The molecule has 5 heteroatoms. The molecular weight excluding hydrogens is 244 g/mol. The molecule has 5 nitrogen and oxygen atoms in total. The van der Waals surface area contributed by atoms with Crippen LogP contribution in [0, 0.1) is 0 Å². The zero-order chi connectivity index (χ0) is 14.0. The molecule has 0 atom stereocenters. The van der Waals surface area contributed by atoms with Gasteiger partial charge in [0, 0.05) is 12.2 Å². The lowest BCUT2D eigenvalue weighted by Gasteiger charge is -2.10. The lowest BCUT2D eigenvalue weighted by molar-refractivity contribution is 0.0736. The molecule has 19 heavy (non-hydrogen) atoms. The van der Waals surface area contributed by atoms with Crippen LogP contribution in [-0.2, 0) is 0 Å². The fourth-order valence-corrected chi connectivity index (χ4v) is 1.76. The maximum absolute atomic E-state index is 12.0. The summed E-state index contributed by atoms with van der Waals surface area (Å²) >= 11 is 0. The number of esters is 1. The summed E-state index contributed by atoms with van der Waals surface area (Å²) in [5.41, 5.74) is 6.24. The molecule has 0 fully saturated rings. The van der Waals surface area contributed by atoms with Gasteiger partial charge in [-0.1, -0.05) is 0 Å². The summed E-state index contributed by atoms with van der Waals surface area (Å²) in [7, 11) is 0. The number of phenolic OH excluding ortho intramolecular Hbond substituents is 1. The highest BCUT2D eigenvalue weighted by molar-refractivity contribution is 5.95. The Kier molecular flexibility index (Phi) is 3.46. The fraction of sp³-hybridized carbons (Fsp3) is 0.214. The van der Waals surface area contributed by atoms with E-state index in [1.165, 1.54) is 24.3 Å². The highest BCUT2D eigenvalue weighted by Crippen LogP contribution is 2.22. The number of phenols is 1. The van der Waals surface area contributed by atoms with E-state index in [4.69, 9.17) is 15.6 Å². The minimum absolute atomic E-state index is 0.116. The summed E-state index contributed by atoms with van der Waals surface area (Å²) in [5.74, 6) is 0.353. The maximum Gasteiger partial charge on any atom is 0.347 e. The molecule has 0 aliphatic heterocycles. The molecule has 1 aromatic heterocycles. The molecule has 0 saturated heterocycles. The van der Waals surface area contributed by atoms with Crippen LogP contribution in [0.3, 0.4) is 0 Å². The van der Waals surface area contributed by atoms with Crippen molar-refractivity contribution in [3.05, 3.63) is 42.1 Å². The molecule has 0 radical (unpaired) electrons. The van der Waals surface area contributed by atoms with E-state index in [1.807, 2.05) is 13.8 Å². The average Bonchev–Trinajstić information content (AvgIpc) is 2.74. The Balaban J connectivity index is 2.18. The minimum atomic E-state index is -0.511. The molecule has 0 aliphatic carbocycles. The Morgan fingerprint density at radius 1 is 1.26 bits per heavy atom. The summed E-state index contributed by atoms with van der Waals surface area (Å²) < 4.78 is 6.98. The summed E-state index contributed by atoms with van der Waals surface area (Å²) in [6, 6.07) is 7.75. The Hall–Kier alpha value is -2.43. The van der Waals surface area contributed by atoms with Crippen LogP contribution in [0.4, 0.5) is 5.82 Å². The third-order valence-corrected chi connectivity index (χ3v) is 2.78. The van der Waals surface area contributed by atoms with Gasteiger partial charge in [-0.25, -0.2) is 4.79 Å². The van der Waals surface area contributed by atoms with Gasteiger partial charge in [0.2, 0.25) is 0 Å². The third kappa shape index (κ3) is 2.70. The fourth-order valence-electron chi connectivity index (χ4n) is 1.76. The molecule has 0 saturated carbocycles. The highest BCUT2D eigenvalue weighted by atomic mass is 16.5. The van der Waals surface area contributed by atoms with E-state index < -0.39 is 5.97 Å². The first-order valence-electron chi connectivity index (χ1n) is 5.96. The molecule has 0 unspecified atom stereocenters. The number of hydrogen-bond donors (Lipinski definition) is 2. The molecule has 0 bridgehead atoms. The Morgan fingerprint density at radius 2 is 1.89 bits per heavy atom. The monoisotopic (exact) mass is 260 g/mol. The second kappa shape index (κ2) is 5.06. The standard InChI is InChI=1S/C14H16N2O3/c1-9(2)16-8-7-12(13(16)15)14(18)19-11-5-3-10(17)4-6-11/h3-9,17H,15H2,1-2H3. The van der Waals surface area contributed by atoms with E-state index in [-0.39, 0.29) is 11.8 Å². The lowest BCUT2D eigenvalue weighted by Crippen LogP contribution is -2.12. The van der Waals surface area contributed by atoms with E-state index in [0.717, 1.165) is 0 Å². The smallest absolute Gasteiger partial charge is 0.347 e. The number of hydrogen-bond acceptors (Lipinski definition) is 4. The van der Waals surface area contributed by atoms with Crippen molar-refractivity contribution in [3.63, 3.8) is 0 Å². The summed E-state index contributed by atoms with van der Waals surface area (Å²) in [6.45, 7) is 3.96. The van der Waals surface area contributed by atoms with E-state index in [0.29, 0.717) is 17.1 Å². The van der Waals surface area contributed by atoms with Gasteiger partial charge in [-0.15, -0.1) is 0 Å². The molecule has 2 aromatic rings. The van der Waals surface area contributed by atoms with Crippen LogP contribution in [0.5, 0.6) is 11.5 Å². The van der Waals surface area contributed by atoms with Crippen LogP contribution in [0.25, 0.3) is 0 Å². The summed E-state index contributed by atoms with van der Waals surface area (Å²) in [6.07, 6.45) is 1.76. The third-order valence-electron chi connectivity index (χ3n) is 2.78. The van der Waals surface area contributed by atoms with E-state index in [2.05, 4.69) is 0 Å². The van der Waals surface area contributed by atoms with Gasteiger partial charge in [0.25, 0.3) is 0 Å². The van der Waals surface area contributed by atoms with Gasteiger partial charge in [0.05, 0.1) is 0 Å². The number of nitrogens with zero attached hydrogens (tertiary/aromatic N) is 1. The van der Waals surface area contributed by atoms with Crippen LogP contribution in [0.1, 0.15) is 30.2 Å². The maximum atomic E-state index is 12.0. The molecule has 1 aromatic carbocycles. The predicted molar refractivity (Wildman–Crippen MR) is 72.3 cm³/mol. The van der Waals surface area contributed by atoms with Crippen molar-refractivity contribution >= 4 is 11.8 Å². The lowest BCUT2D eigenvalue weighted by atomic mass is 10.3. The molecule has 0 amide bonds. The molecule has 1 heterocycles. The summed E-state index contributed by atoms with van der Waals surface area (Å²) in [4.78, 5) is 12.0. The van der Waals surface area contributed by atoms with Crippen molar-refractivity contribution in [2.45, 2.75) is 19.9 Å². The minimum Gasteiger partial charge on any atom is -0.508 e. The van der Waals surface area contributed by atoms with Gasteiger partial charge in [0.15, 0.2) is 0 Å². The van der Waals surface area contributed by atoms with Crippen LogP contribution in [0.15, 0.2) is 36.5 Å². The van der Waals surface area contributed by atoms with Gasteiger partial charge >= 0.3 is 5.97 Å². The van der Waals surface area contributed by atoms with Crippen molar-refractivity contribution in [2.75, 3.05) is 5.73 Å². The number of nitrogen functional groups attached to an aromatic ring is 1. The number of nitrogens with two attached hydrogens (primary N) is 1. The molecule has 100 valence electrons. The van der Waals surface area contributed by atoms with Crippen LogP contribution < -0.4 is 10.5 Å². The van der Waals surface area contributed by atoms with Gasteiger partial charge < -0.3 is 20.1 Å². The first kappa shape index (κ1) is 13.0. The molecule has 2 rings (SSSR count). The largest absolute Gasteiger partial charge is 0.508 e. The predicted octanol–water partition coefficient (Wildman–Crippen LogP) is 2.58. The van der Waals surface area contributed by atoms with Crippen LogP contribution in [-0.4, -0.2) is 15.6 Å². The Labute approximate surface area is 111 Å². The van der Waals surface area contributed by atoms with Crippen molar-refractivity contribution in [3.8, 4) is 11.5 Å². The van der Waals surface area contributed by atoms with Gasteiger partial charge in [-0.3, -0.25) is 0 Å². The Bertz CT molecular complexity index is 585. The number of anilines is 1. The average molecular weight is 260 g/mol. The summed E-state index contributed by atoms with van der Waals surface area (Å²) in [5, 5.41) is 9.15. The van der Waals surface area contributed by atoms with Crippen molar-refractivity contribution < 1.29 is 14.6 Å². The van der Waals surface area contributed by atoms with E-state index in [1.54, 1.807) is 16.8 Å². The SMILES string of the molecule is CC(C)n1ccc(C(=O)Oc2ccc(O)cc2)c1N. The normalized spacial score (nSPS) is 10.7. The van der Waals surface area contributed by atoms with Crippen molar-refractivity contribution in [2.24, 2.45) is 0 Å². The van der Waals surface area contributed by atoms with Crippen molar-refractivity contribution in [1.82, 2.24) is 4.57 Å². The molecule has 3 N–H and O–H groups in total. The molecular formula is C14H16N2O3. The quantitative estimate of drug-likeness (QED) is 0.656. The number of aromatic nitrogens is 1. The number of carbonyl (C=O) groups is 1. The number of carbonyl (C=O) groups excluding carboxylic acids is 1. The first-order chi connectivity index (χ1) is 8.99. The second-order valence-corrected chi connectivity index (χ2v) is 4.50. The van der Waals surface area contributed by atoms with Gasteiger partial charge in [-0.05, 0) is 44.2 Å². The molecule has 0 aliphatic rings. The van der Waals surface area contributed by atoms with Gasteiger partial charge in [0.1, 0.15) is 22.9 Å². The number of ether oxygens (including phenoxy) is 1. The number of rotatable bonds is 3. The topological polar surface area (TPSA) is 77.5 Å². The van der Waals surface area contributed by atoms with E-state index >= 15 is 0 Å². The first-order valence-corrected chi connectivity index (χ1v) is 5.96.